The molecule has 9 nitrogen and oxygen atoms in total. The van der Waals surface area contributed by atoms with Gasteiger partial charge in [-0.15, -0.1) is 0 Å². The number of hydrogen-bond acceptors (Lipinski definition) is 6. The molecule has 0 aliphatic rings. The maximum absolute atomic E-state index is 12.5. The Balaban J connectivity index is 1.26. The molecule has 0 unspecified atom stereocenters. The van der Waals surface area contributed by atoms with Crippen molar-refractivity contribution >= 4 is 27.2 Å². The summed E-state index contributed by atoms with van der Waals surface area (Å²) in [6, 6.07) is 25.8. The number of nitrogens with zero attached hydrogens (tertiary/aromatic N) is 3. The fourth-order valence-corrected chi connectivity index (χ4v) is 5.83. The number of nitrogens with one attached hydrogen (secondary N) is 2. The molecule has 10 heteroatoms. The maximum Gasteiger partial charge on any atom is 0.328 e. The van der Waals surface area contributed by atoms with Gasteiger partial charge in [-0.2, -0.15) is 0 Å². The van der Waals surface area contributed by atoms with E-state index in [1.807, 2.05) is 49.4 Å². The summed E-state index contributed by atoms with van der Waals surface area (Å²) < 4.78 is 29.2. The van der Waals surface area contributed by atoms with E-state index in [0.717, 1.165) is 57.9 Å². The Kier molecular flexibility index (Phi) is 8.65. The van der Waals surface area contributed by atoms with Crippen LogP contribution < -0.4 is 15.8 Å². The Morgan fingerprint density at radius 3 is 2.19 bits per heavy atom. The van der Waals surface area contributed by atoms with Gasteiger partial charge in [0.25, 0.3) is 10.0 Å². The second kappa shape index (κ2) is 12.5. The van der Waals surface area contributed by atoms with Gasteiger partial charge in [0.15, 0.2) is 5.65 Å². The molecular weight excluding hydrogens is 548 g/mol. The number of pyridine rings is 1. The molecule has 0 fully saturated rings. The molecule has 0 spiro atoms. The van der Waals surface area contributed by atoms with E-state index in [9.17, 15) is 13.2 Å². The van der Waals surface area contributed by atoms with Gasteiger partial charge < -0.3 is 11.1 Å². The summed E-state index contributed by atoms with van der Waals surface area (Å²) in [5, 5.41) is 2.63. The molecule has 2 amide bonds. The zero-order valence-electron chi connectivity index (χ0n) is 23.7. The molecular formula is C32H34N6O3S. The van der Waals surface area contributed by atoms with Gasteiger partial charge in [-0.3, -0.25) is 4.57 Å². The van der Waals surface area contributed by atoms with E-state index in [-0.39, 0.29) is 11.4 Å². The lowest BCUT2D eigenvalue weighted by atomic mass is 10.1. The van der Waals surface area contributed by atoms with E-state index in [2.05, 4.69) is 39.7 Å². The molecule has 0 saturated heterocycles. The second-order valence-corrected chi connectivity index (χ2v) is 11.9. The molecule has 0 atom stereocenters. The summed E-state index contributed by atoms with van der Waals surface area (Å²) in [5.74, 6) is 0.944. The quantitative estimate of drug-likeness (QED) is 0.222. The van der Waals surface area contributed by atoms with E-state index in [1.165, 1.54) is 17.7 Å². The minimum absolute atomic E-state index is 0.000444. The first-order chi connectivity index (χ1) is 20.2. The monoisotopic (exact) mass is 582 g/mol. The van der Waals surface area contributed by atoms with E-state index in [0.29, 0.717) is 13.0 Å². The van der Waals surface area contributed by atoms with Gasteiger partial charge in [0.2, 0.25) is 0 Å². The van der Waals surface area contributed by atoms with Crippen LogP contribution in [0.15, 0.2) is 89.8 Å². The smallest absolute Gasteiger partial charge is 0.328 e. The molecule has 0 aliphatic heterocycles. The summed E-state index contributed by atoms with van der Waals surface area (Å²) in [5.41, 5.74) is 13.3. The third-order valence-corrected chi connectivity index (χ3v) is 8.42. The fourth-order valence-electron chi connectivity index (χ4n) is 4.90. The van der Waals surface area contributed by atoms with Gasteiger partial charge >= 0.3 is 6.03 Å². The van der Waals surface area contributed by atoms with Crippen LogP contribution in [0.1, 0.15) is 33.8 Å². The number of nitrogens with two attached hydrogens (primary N) is 1. The lowest BCUT2D eigenvalue weighted by Crippen LogP contribution is -2.40. The number of carbonyl (C=O) groups is 1. The van der Waals surface area contributed by atoms with Crippen LogP contribution in [0.25, 0.3) is 16.9 Å². The van der Waals surface area contributed by atoms with Crippen molar-refractivity contribution in [3.8, 4) is 5.69 Å². The molecule has 0 aliphatic carbocycles. The predicted octanol–water partition coefficient (Wildman–Crippen LogP) is 4.51. The number of hydrogen-bond donors (Lipinski definition) is 3. The topological polar surface area (TPSA) is 132 Å². The van der Waals surface area contributed by atoms with Crippen molar-refractivity contribution in [3.05, 3.63) is 119 Å². The molecule has 0 saturated carbocycles. The van der Waals surface area contributed by atoms with Gasteiger partial charge in [0.05, 0.1) is 4.90 Å². The van der Waals surface area contributed by atoms with Crippen LogP contribution in [-0.2, 0) is 35.8 Å². The average molecular weight is 583 g/mol. The van der Waals surface area contributed by atoms with E-state index in [1.54, 1.807) is 12.1 Å². The number of aromatic nitrogens is 3. The first kappa shape index (κ1) is 29.0. The SMILES string of the molecule is Cc1cc(C)c2nc(CCc3ccccc3)n(-c3ccc(CCNC(=O)NS(=O)(=O)c4ccc(CN)cc4)cc3)c2n1. The largest absolute Gasteiger partial charge is 0.337 e. The highest BCUT2D eigenvalue weighted by atomic mass is 32.2. The van der Waals surface area contributed by atoms with Gasteiger partial charge in [-0.1, -0.05) is 54.6 Å². The van der Waals surface area contributed by atoms with Crippen molar-refractivity contribution in [1.29, 1.82) is 0 Å². The van der Waals surface area contributed by atoms with Gasteiger partial charge in [0, 0.05) is 30.9 Å². The summed E-state index contributed by atoms with van der Waals surface area (Å²) in [6.07, 6.45) is 2.16. The van der Waals surface area contributed by atoms with Crippen molar-refractivity contribution in [2.75, 3.05) is 6.54 Å². The molecule has 42 heavy (non-hydrogen) atoms. The Hall–Kier alpha value is -4.54. The summed E-state index contributed by atoms with van der Waals surface area (Å²) >= 11 is 0. The average Bonchev–Trinajstić information content (AvgIpc) is 3.35. The lowest BCUT2D eigenvalue weighted by molar-refractivity contribution is 0.246. The number of carbonyl (C=O) groups excluding carboxylic acids is 1. The number of sulfonamides is 1. The van der Waals surface area contributed by atoms with Crippen molar-refractivity contribution in [1.82, 2.24) is 24.6 Å². The third kappa shape index (κ3) is 6.67. The number of imidazole rings is 1. The van der Waals surface area contributed by atoms with Crippen molar-refractivity contribution in [3.63, 3.8) is 0 Å². The highest BCUT2D eigenvalue weighted by molar-refractivity contribution is 7.90. The summed E-state index contributed by atoms with van der Waals surface area (Å²) in [4.78, 5) is 22.1. The number of aryl methyl sites for hydroxylation is 4. The van der Waals surface area contributed by atoms with E-state index in [4.69, 9.17) is 15.7 Å². The van der Waals surface area contributed by atoms with Gasteiger partial charge in [0.1, 0.15) is 11.3 Å². The van der Waals surface area contributed by atoms with Crippen LogP contribution in [0.4, 0.5) is 4.79 Å². The number of fused-ring (bicyclic) bond motifs is 1. The zero-order valence-corrected chi connectivity index (χ0v) is 24.5. The fraction of sp³-hybridized carbons (Fsp3) is 0.219. The van der Waals surface area contributed by atoms with E-state index >= 15 is 0 Å². The van der Waals surface area contributed by atoms with Crippen molar-refractivity contribution in [2.24, 2.45) is 5.73 Å². The van der Waals surface area contributed by atoms with Crippen LogP contribution >= 0.6 is 0 Å². The first-order valence-corrected chi connectivity index (χ1v) is 15.3. The molecule has 3 aromatic carbocycles. The Bertz CT molecular complexity index is 1800. The third-order valence-electron chi connectivity index (χ3n) is 7.07. The number of urea groups is 1. The summed E-state index contributed by atoms with van der Waals surface area (Å²) in [6.45, 7) is 4.62. The molecule has 4 N–H and O–H groups in total. The highest BCUT2D eigenvalue weighted by Crippen LogP contribution is 2.25. The molecule has 5 aromatic rings. The van der Waals surface area contributed by atoms with Crippen molar-refractivity contribution in [2.45, 2.75) is 44.6 Å². The molecule has 5 rings (SSSR count). The standard InChI is InChI=1S/C32H34N6O3S/c1-22-20-23(2)35-31-30(22)36-29(17-12-24-6-4-3-5-7-24)38(31)27-13-8-25(9-14-27)18-19-34-32(39)37-42(40,41)28-15-10-26(21-33)11-16-28/h3-11,13-16,20H,12,17-19,21,33H2,1-2H3,(H2,34,37,39). The minimum Gasteiger partial charge on any atom is -0.337 e. The lowest BCUT2D eigenvalue weighted by Gasteiger charge is -2.11. The summed E-state index contributed by atoms with van der Waals surface area (Å²) in [7, 11) is -3.98. The number of amides is 2. The minimum atomic E-state index is -3.98. The normalized spacial score (nSPS) is 11.5. The predicted molar refractivity (Wildman–Crippen MR) is 164 cm³/mol. The Labute approximate surface area is 245 Å². The van der Waals surface area contributed by atoms with Crippen LogP contribution in [0.2, 0.25) is 0 Å². The molecule has 2 aromatic heterocycles. The maximum atomic E-state index is 12.5. The molecule has 2 heterocycles. The molecule has 0 bridgehead atoms. The number of rotatable bonds is 10. The molecule has 0 radical (unpaired) electrons. The van der Waals surface area contributed by atoms with Crippen LogP contribution in [0.5, 0.6) is 0 Å². The van der Waals surface area contributed by atoms with Gasteiger partial charge in [-0.05, 0) is 79.3 Å². The highest BCUT2D eigenvalue weighted by Gasteiger charge is 2.18. The van der Waals surface area contributed by atoms with Crippen LogP contribution in [0, 0.1) is 13.8 Å². The van der Waals surface area contributed by atoms with Crippen LogP contribution in [0.3, 0.4) is 0 Å². The molecule has 216 valence electrons. The first-order valence-electron chi connectivity index (χ1n) is 13.8. The van der Waals surface area contributed by atoms with E-state index < -0.39 is 16.1 Å². The zero-order chi connectivity index (χ0) is 29.7. The van der Waals surface area contributed by atoms with Gasteiger partial charge in [-0.25, -0.2) is 27.9 Å². The number of benzene rings is 3. The Morgan fingerprint density at radius 1 is 0.833 bits per heavy atom. The second-order valence-electron chi connectivity index (χ2n) is 10.2. The Morgan fingerprint density at radius 2 is 1.50 bits per heavy atom. The van der Waals surface area contributed by atoms with Crippen LogP contribution in [-0.4, -0.2) is 35.5 Å². The van der Waals surface area contributed by atoms with Crippen molar-refractivity contribution < 1.29 is 13.2 Å².